The molecule has 0 radical (unpaired) electrons. The van der Waals surface area contributed by atoms with Crippen LogP contribution in [0.25, 0.3) is 118 Å². The normalized spacial score (nSPS) is 12.6. The summed E-state index contributed by atoms with van der Waals surface area (Å²) in [6.45, 7) is 17.1. The maximum atomic E-state index is 13.0. The Labute approximate surface area is 682 Å². The number of hydrogen-bond acceptors (Lipinski definition) is 22. The van der Waals surface area contributed by atoms with Crippen LogP contribution in [-0.4, -0.2) is 138 Å². The van der Waals surface area contributed by atoms with E-state index in [9.17, 15) is 24.0 Å². The number of hydrogen-bond donors (Lipinski definition) is 5. The van der Waals surface area contributed by atoms with E-state index in [0.717, 1.165) is 115 Å². The summed E-state index contributed by atoms with van der Waals surface area (Å²) in [5, 5.41) is 15.7. The maximum absolute atomic E-state index is 13.0. The van der Waals surface area contributed by atoms with Crippen LogP contribution in [0.2, 0.25) is 0 Å². The molecule has 1 fully saturated rings. The van der Waals surface area contributed by atoms with Crippen molar-refractivity contribution < 1.29 is 47.0 Å². The van der Waals surface area contributed by atoms with E-state index in [-0.39, 0.29) is 48.0 Å². The van der Waals surface area contributed by atoms with Crippen molar-refractivity contribution in [3.05, 3.63) is 265 Å². The number of nitrogens with zero attached hydrogens (tertiary/aromatic N) is 8. The minimum atomic E-state index is -0.299. The average molecular weight is 1590 g/mol. The van der Waals surface area contributed by atoms with Gasteiger partial charge in [0, 0.05) is 202 Å². The number of carbonyl (C=O) groups is 2. The summed E-state index contributed by atoms with van der Waals surface area (Å²) in [6.07, 6.45) is 12.0. The highest BCUT2D eigenvalue weighted by atomic mass is 16.6. The zero-order valence-electron chi connectivity index (χ0n) is 67.2. The molecule has 606 valence electrons. The lowest BCUT2D eigenvalue weighted by molar-refractivity contribution is -0.671. The van der Waals surface area contributed by atoms with Crippen LogP contribution in [0.3, 0.4) is 0 Å². The summed E-state index contributed by atoms with van der Waals surface area (Å²) < 4.78 is 25.8. The fraction of sp³-hybridized carbons (Fsp3) is 0.247. The highest BCUT2D eigenvalue weighted by Gasteiger charge is 2.34. The lowest BCUT2D eigenvalue weighted by Gasteiger charge is -2.30. The molecule has 0 unspecified atom stereocenters. The summed E-state index contributed by atoms with van der Waals surface area (Å²) in [7, 11) is 7.36. The molecule has 6 heterocycles. The van der Waals surface area contributed by atoms with Gasteiger partial charge < -0.3 is 62.7 Å². The molecule has 9 aromatic carbocycles. The molecule has 25 heteroatoms. The standard InChI is InChI=1S/C20H23N3O2.C20H18N2O3.C19H16N2O3.C18H21N3O3.C16H19N3O/c1-14-15-8-9-18(22-10-3-2-4-11-22)16-6-5-7-17(19(15)16)20(24)23(14)12-13-25-21;1-22(9-10-24-2)13-7-8-16-18(11-13)25-19-12-17(23)14-5-3-4-6-15(14)20(19)21-16;1-23-9-8-20-12-6-7-15-17(10-12)24-18-11-16(22)13-4-2-3-5-14(13)19(18)21-15;1-3-20(4-2)15-9-8-14-16-12(15)6-5-7-13(16)17(22)21(18(14)23)10-11-24-19;1-19-11-8-15(9-12-19)3-2-14-4-6-16(7-5-14)18-10-13-20-17/h5-9H,1-4,10-13,21H2;3-8,11-12H,9-10H2,1-2H3;2-7,10-11,20H,8-9H2,1H3;5-9H,3-4,10-11,19H2,1-2H3;2-9,11-12H,10,13,17H2,1H3/p+1. The number of benzene rings is 11. The Kier molecular flexibility index (Phi) is 27.6. The topological polar surface area (TPSA) is 307 Å². The van der Waals surface area contributed by atoms with Crippen molar-refractivity contribution in [3.63, 3.8) is 0 Å². The van der Waals surface area contributed by atoms with Gasteiger partial charge in [-0.2, -0.15) is 0 Å². The Morgan fingerprint density at radius 3 is 1.69 bits per heavy atom. The fourth-order valence-electron chi connectivity index (χ4n) is 15.0. The van der Waals surface area contributed by atoms with Crippen molar-refractivity contribution in [1.82, 2.24) is 19.4 Å². The largest absolute Gasteiger partial charge is 0.453 e. The summed E-state index contributed by atoms with van der Waals surface area (Å²) in [5.74, 6) is 15.6. The number of imide groups is 1. The molecular weight excluding hydrogens is 1490 g/mol. The van der Waals surface area contributed by atoms with Gasteiger partial charge in [-0.1, -0.05) is 110 Å². The molecule has 2 aromatic heterocycles. The number of methoxy groups -OCH3 is 2. The number of carbonyl (C=O) groups excluding carboxylic acids is 2. The van der Waals surface area contributed by atoms with Crippen molar-refractivity contribution >= 4 is 135 Å². The molecule has 2 aliphatic carbocycles. The average Bonchev–Trinajstić information content (AvgIpc) is 0.743. The first-order chi connectivity index (χ1) is 57.6. The van der Waals surface area contributed by atoms with Gasteiger partial charge in [-0.3, -0.25) is 28.9 Å². The Hall–Kier alpha value is -12.8. The van der Waals surface area contributed by atoms with E-state index in [1.807, 2.05) is 165 Å². The number of nitrogens with one attached hydrogen (secondary N) is 2. The van der Waals surface area contributed by atoms with Gasteiger partial charge >= 0.3 is 0 Å². The minimum absolute atomic E-state index is 0.0315. The Morgan fingerprint density at radius 2 is 1.07 bits per heavy atom. The summed E-state index contributed by atoms with van der Waals surface area (Å²) in [5.41, 5.74) is 12.8. The summed E-state index contributed by atoms with van der Waals surface area (Å²) in [6, 6.07) is 61.6. The van der Waals surface area contributed by atoms with Crippen molar-refractivity contribution in [3.8, 4) is 22.9 Å². The van der Waals surface area contributed by atoms with Crippen LogP contribution in [0.5, 0.6) is 0 Å². The van der Waals surface area contributed by atoms with Crippen LogP contribution in [-0.2, 0) is 37.6 Å². The van der Waals surface area contributed by atoms with E-state index in [1.165, 1.54) is 53.1 Å². The number of pyridine rings is 2. The van der Waals surface area contributed by atoms with Gasteiger partial charge in [0.05, 0.1) is 46.1 Å². The van der Waals surface area contributed by atoms with Gasteiger partial charge in [-0.05, 0) is 111 Å². The van der Waals surface area contributed by atoms with Crippen molar-refractivity contribution in [1.29, 1.82) is 0 Å². The number of aromatic nitrogens is 4. The zero-order valence-corrected chi connectivity index (χ0v) is 67.2. The van der Waals surface area contributed by atoms with Gasteiger partial charge in [0.15, 0.2) is 45.9 Å². The molecule has 0 saturated carbocycles. The van der Waals surface area contributed by atoms with Crippen LogP contribution < -0.4 is 69.4 Å². The van der Waals surface area contributed by atoms with E-state index in [0.29, 0.717) is 95.4 Å². The molecule has 25 nitrogen and oxygen atoms in total. The van der Waals surface area contributed by atoms with E-state index < -0.39 is 0 Å². The van der Waals surface area contributed by atoms with Gasteiger partial charge in [0.25, 0.3) is 17.4 Å². The monoisotopic (exact) mass is 1590 g/mol. The number of nitrogens with two attached hydrogens (primary N) is 3. The maximum Gasteiger partial charge on any atom is 0.261 e. The van der Waals surface area contributed by atoms with E-state index in [1.54, 1.807) is 24.9 Å². The molecule has 17 rings (SSSR count). The minimum Gasteiger partial charge on any atom is -0.453 e. The molecule has 0 atom stereocenters. The Bertz CT molecular complexity index is 6190. The Morgan fingerprint density at radius 1 is 0.525 bits per heavy atom. The molecule has 0 bridgehead atoms. The zero-order chi connectivity index (χ0) is 82.8. The molecular formula is C93H98N13O12+. The predicted octanol–water partition coefficient (Wildman–Crippen LogP) is 13.4. The second kappa shape index (κ2) is 39.2. The second-order valence-corrected chi connectivity index (χ2v) is 28.5. The van der Waals surface area contributed by atoms with Crippen molar-refractivity contribution in [2.45, 2.75) is 39.7 Å². The fourth-order valence-corrected chi connectivity index (χ4v) is 15.0. The summed E-state index contributed by atoms with van der Waals surface area (Å²) >= 11 is 0. The van der Waals surface area contributed by atoms with E-state index >= 15 is 0 Å². The molecule has 118 heavy (non-hydrogen) atoms. The molecule has 4 aliphatic heterocycles. The lowest BCUT2D eigenvalue weighted by atomic mass is 9.92. The van der Waals surface area contributed by atoms with Gasteiger partial charge in [-0.15, -0.1) is 0 Å². The van der Waals surface area contributed by atoms with E-state index in [2.05, 4.69) is 115 Å². The highest BCUT2D eigenvalue weighted by molar-refractivity contribution is 6.27. The van der Waals surface area contributed by atoms with E-state index in [4.69, 9.17) is 46.0 Å². The number of anilines is 5. The second-order valence-electron chi connectivity index (χ2n) is 28.5. The number of fused-ring (bicyclic) bond motifs is 8. The first-order valence-electron chi connectivity index (χ1n) is 39.4. The van der Waals surface area contributed by atoms with Crippen LogP contribution in [0.15, 0.2) is 230 Å². The molecule has 8 N–H and O–H groups in total. The molecule has 2 amide bonds. The molecule has 0 spiro atoms. The third-order valence-corrected chi connectivity index (χ3v) is 21.1. The number of ether oxygens (including phenoxy) is 2. The number of likely N-dealkylation sites (N-methyl/N-ethyl adjacent to an activating group) is 1. The summed E-state index contributed by atoms with van der Waals surface area (Å²) in [4.78, 5) is 94.1. The van der Waals surface area contributed by atoms with Crippen LogP contribution in [0, 0.1) is 0 Å². The third kappa shape index (κ3) is 18.7. The van der Waals surface area contributed by atoms with Crippen LogP contribution in [0.4, 0.5) is 28.4 Å². The lowest BCUT2D eigenvalue weighted by Crippen LogP contribution is -2.42. The molecule has 11 aromatic rings. The molecule has 1 saturated heterocycles. The van der Waals surface area contributed by atoms with Crippen molar-refractivity contribution in [2.75, 3.05) is 132 Å². The SMILES string of the molecule is C=c1c2ccc(N3CCCCC3)c3cccc(c(=O)n1CCON)c32.CCN(CC)c1ccc2c3c(cccc13)C(=O)N(CCON)C2=O.COCCN(C)c1ccc2nc3c4ccccc4c(=O)cc-3oc2c1.COCCNc1ccc2nc3c4ccccc4c(=O)cc-3oc2c1.C[n+]1ccc(/C=C/c2ccc(NCCON)cc2)cc1. The third-order valence-electron chi connectivity index (χ3n) is 21.1. The number of amides is 2. The first-order valence-corrected chi connectivity index (χ1v) is 39.4. The number of aryl methyl sites for hydroxylation is 1. The first kappa shape index (κ1) is 83.1. The van der Waals surface area contributed by atoms with Crippen LogP contribution >= 0.6 is 0 Å². The predicted molar refractivity (Wildman–Crippen MR) is 472 cm³/mol. The highest BCUT2D eigenvalue weighted by Crippen LogP contribution is 2.38. The van der Waals surface area contributed by atoms with Gasteiger partial charge in [-0.25, -0.2) is 32.2 Å². The smallest absolute Gasteiger partial charge is 0.261 e. The molecule has 6 aliphatic rings. The quantitative estimate of drug-likeness (QED) is 0.00937. The van der Waals surface area contributed by atoms with Crippen molar-refractivity contribution in [2.24, 2.45) is 24.7 Å². The Balaban J connectivity index is 0.000000128. The number of piperidine rings is 1. The van der Waals surface area contributed by atoms with Crippen LogP contribution in [0.1, 0.15) is 65.0 Å². The number of rotatable bonds is 24. The van der Waals surface area contributed by atoms with Gasteiger partial charge in [0.2, 0.25) is 0 Å². The van der Waals surface area contributed by atoms with Gasteiger partial charge in [0.1, 0.15) is 29.5 Å².